The third-order valence-electron chi connectivity index (χ3n) is 4.45. The second-order valence-electron chi connectivity index (χ2n) is 7.02. The van der Waals surface area contributed by atoms with Gasteiger partial charge in [-0.15, -0.1) is 0 Å². The molecule has 0 aliphatic carbocycles. The third kappa shape index (κ3) is 7.75. The van der Waals surface area contributed by atoms with E-state index in [0.29, 0.717) is 23.5 Å². The molecule has 0 aromatic heterocycles. The first-order chi connectivity index (χ1) is 16.9. The maximum Gasteiger partial charge on any atom is 0.343 e. The number of rotatable bonds is 9. The molecule has 0 atom stereocenters. The van der Waals surface area contributed by atoms with Crippen molar-refractivity contribution in [2.24, 2.45) is 5.10 Å². The number of nitrogens with one attached hydrogen (secondary N) is 2. The molecule has 180 valence electrons. The van der Waals surface area contributed by atoms with Gasteiger partial charge in [0.25, 0.3) is 11.8 Å². The Balaban J connectivity index is 1.57. The zero-order valence-electron chi connectivity index (χ0n) is 18.6. The van der Waals surface area contributed by atoms with Crippen LogP contribution in [0.15, 0.2) is 76.3 Å². The molecule has 0 aliphatic heterocycles. The molecule has 0 saturated heterocycles. The van der Waals surface area contributed by atoms with Crippen molar-refractivity contribution >= 4 is 39.9 Å². The summed E-state index contributed by atoms with van der Waals surface area (Å²) >= 11 is 3.32. The Bertz CT molecular complexity index is 1250. The molecular weight excluding hydrogens is 521 g/mol. The van der Waals surface area contributed by atoms with Crippen molar-refractivity contribution in [3.8, 4) is 11.5 Å². The Labute approximate surface area is 209 Å². The first kappa shape index (κ1) is 25.6. The fraction of sp³-hybridized carbons (Fsp3) is 0.120. The van der Waals surface area contributed by atoms with E-state index in [-0.39, 0.29) is 17.9 Å². The van der Waals surface area contributed by atoms with Gasteiger partial charge in [0, 0.05) is 10.0 Å². The molecular formula is C25H21BrFN3O5. The van der Waals surface area contributed by atoms with Crippen molar-refractivity contribution < 1.29 is 28.2 Å². The summed E-state index contributed by atoms with van der Waals surface area (Å²) in [6.07, 6.45) is 1.37. The summed E-state index contributed by atoms with van der Waals surface area (Å²) in [4.78, 5) is 36.3. The number of halogens is 2. The van der Waals surface area contributed by atoms with Crippen molar-refractivity contribution in [2.75, 3.05) is 13.2 Å². The minimum Gasteiger partial charge on any atom is -0.490 e. The lowest BCUT2D eigenvalue weighted by atomic mass is 10.2. The largest absolute Gasteiger partial charge is 0.490 e. The number of hydrazone groups is 1. The average molecular weight is 542 g/mol. The minimum absolute atomic E-state index is 0.102. The highest BCUT2D eigenvalue weighted by Crippen LogP contribution is 2.29. The monoisotopic (exact) mass is 541 g/mol. The van der Waals surface area contributed by atoms with Crippen molar-refractivity contribution in [1.29, 1.82) is 0 Å². The third-order valence-corrected chi connectivity index (χ3v) is 4.98. The molecule has 0 heterocycles. The average Bonchev–Trinajstić information content (AvgIpc) is 2.84. The molecule has 0 saturated carbocycles. The molecule has 2 amide bonds. The van der Waals surface area contributed by atoms with Crippen LogP contribution in [0.25, 0.3) is 0 Å². The van der Waals surface area contributed by atoms with Gasteiger partial charge in [0.2, 0.25) is 0 Å². The van der Waals surface area contributed by atoms with Crippen molar-refractivity contribution in [3.63, 3.8) is 0 Å². The molecule has 35 heavy (non-hydrogen) atoms. The van der Waals surface area contributed by atoms with E-state index in [1.165, 1.54) is 24.4 Å². The van der Waals surface area contributed by atoms with Gasteiger partial charge in [-0.25, -0.2) is 14.6 Å². The van der Waals surface area contributed by atoms with Crippen LogP contribution in [0.5, 0.6) is 11.5 Å². The van der Waals surface area contributed by atoms with Crippen LogP contribution in [0.3, 0.4) is 0 Å². The van der Waals surface area contributed by atoms with Crippen LogP contribution in [0.1, 0.15) is 33.2 Å². The number of carbonyl (C=O) groups excluding carboxylic acids is 3. The molecule has 8 nitrogen and oxygen atoms in total. The number of benzene rings is 3. The quantitative estimate of drug-likeness (QED) is 0.184. The second kappa shape index (κ2) is 12.4. The Morgan fingerprint density at radius 1 is 1.00 bits per heavy atom. The molecule has 2 N–H and O–H groups in total. The van der Waals surface area contributed by atoms with E-state index in [0.717, 1.165) is 10.5 Å². The van der Waals surface area contributed by atoms with Crippen LogP contribution in [-0.2, 0) is 4.79 Å². The predicted octanol–water partition coefficient (Wildman–Crippen LogP) is 4.09. The Morgan fingerprint density at radius 3 is 2.49 bits per heavy atom. The summed E-state index contributed by atoms with van der Waals surface area (Å²) in [5.41, 5.74) is 3.34. The highest BCUT2D eigenvalue weighted by Gasteiger charge is 2.13. The maximum atomic E-state index is 13.2. The SMILES string of the molecule is CCOc1cc(C=NNC(=O)CNC(=O)c2cccc(F)c2)ccc1OC(=O)c1ccc(Br)cc1. The van der Waals surface area contributed by atoms with Crippen LogP contribution in [0.4, 0.5) is 4.39 Å². The summed E-state index contributed by atoms with van der Waals surface area (Å²) in [6, 6.07) is 16.7. The first-order valence-electron chi connectivity index (χ1n) is 10.5. The number of hydrogen-bond acceptors (Lipinski definition) is 6. The van der Waals surface area contributed by atoms with E-state index < -0.39 is 23.6 Å². The van der Waals surface area contributed by atoms with Crippen molar-refractivity contribution in [3.05, 3.63) is 93.7 Å². The summed E-state index contributed by atoms with van der Waals surface area (Å²) in [5, 5.41) is 6.23. The van der Waals surface area contributed by atoms with Gasteiger partial charge in [-0.05, 0) is 73.2 Å². The molecule has 3 aromatic rings. The molecule has 0 spiro atoms. The highest BCUT2D eigenvalue weighted by molar-refractivity contribution is 9.10. The fourth-order valence-electron chi connectivity index (χ4n) is 2.81. The molecule has 3 rings (SSSR count). The normalized spacial score (nSPS) is 10.6. The molecule has 3 aromatic carbocycles. The lowest BCUT2D eigenvalue weighted by molar-refractivity contribution is -0.120. The number of esters is 1. The minimum atomic E-state index is -0.585. The standard InChI is InChI=1S/C25H21BrFN3O5/c1-2-34-22-12-16(6-11-21(22)35-25(33)17-7-9-19(26)10-8-17)14-29-30-23(31)15-28-24(32)18-4-3-5-20(27)13-18/h3-14H,2,15H2,1H3,(H,28,32)(H,30,31). The molecule has 0 fully saturated rings. The van der Waals surface area contributed by atoms with E-state index in [9.17, 15) is 18.8 Å². The van der Waals surface area contributed by atoms with E-state index in [1.54, 1.807) is 49.4 Å². The topological polar surface area (TPSA) is 106 Å². The summed E-state index contributed by atoms with van der Waals surface area (Å²) in [7, 11) is 0. The number of ether oxygens (including phenoxy) is 2. The summed E-state index contributed by atoms with van der Waals surface area (Å²) in [6.45, 7) is 1.78. The van der Waals surface area contributed by atoms with Crippen LogP contribution < -0.4 is 20.2 Å². The first-order valence-corrected chi connectivity index (χ1v) is 11.2. The van der Waals surface area contributed by atoms with Crippen LogP contribution in [-0.4, -0.2) is 37.1 Å². The smallest absolute Gasteiger partial charge is 0.343 e. The van der Waals surface area contributed by atoms with Crippen molar-refractivity contribution in [2.45, 2.75) is 6.92 Å². The lowest BCUT2D eigenvalue weighted by Gasteiger charge is -2.11. The van der Waals surface area contributed by atoms with Gasteiger partial charge in [-0.3, -0.25) is 9.59 Å². The van der Waals surface area contributed by atoms with E-state index in [2.05, 4.69) is 31.8 Å². The second-order valence-corrected chi connectivity index (χ2v) is 7.94. The number of hydrogen-bond donors (Lipinski definition) is 2. The maximum absolute atomic E-state index is 13.2. The number of carbonyl (C=O) groups is 3. The lowest BCUT2D eigenvalue weighted by Crippen LogP contribution is -2.34. The van der Waals surface area contributed by atoms with E-state index in [4.69, 9.17) is 9.47 Å². The molecule has 0 aliphatic rings. The van der Waals surface area contributed by atoms with E-state index in [1.807, 2.05) is 0 Å². The molecule has 10 heteroatoms. The van der Waals surface area contributed by atoms with E-state index >= 15 is 0 Å². The van der Waals surface area contributed by atoms with Crippen LogP contribution in [0.2, 0.25) is 0 Å². The molecule has 0 radical (unpaired) electrons. The molecule has 0 unspecified atom stereocenters. The van der Waals surface area contributed by atoms with Gasteiger partial charge >= 0.3 is 5.97 Å². The zero-order chi connectivity index (χ0) is 25.2. The molecule has 0 bridgehead atoms. The van der Waals surface area contributed by atoms with Crippen LogP contribution >= 0.6 is 15.9 Å². The Kier molecular flexibility index (Phi) is 9.08. The fourth-order valence-corrected chi connectivity index (χ4v) is 3.08. The summed E-state index contributed by atoms with van der Waals surface area (Å²) in [5.74, 6) is -1.68. The van der Waals surface area contributed by atoms with Crippen LogP contribution in [0, 0.1) is 5.82 Å². The van der Waals surface area contributed by atoms with Gasteiger partial charge in [0.15, 0.2) is 11.5 Å². The number of nitrogens with zero attached hydrogens (tertiary/aromatic N) is 1. The number of amides is 2. The predicted molar refractivity (Wildman–Crippen MR) is 131 cm³/mol. The van der Waals surface area contributed by atoms with Crippen molar-refractivity contribution in [1.82, 2.24) is 10.7 Å². The van der Waals surface area contributed by atoms with Gasteiger partial charge in [-0.2, -0.15) is 5.10 Å². The summed E-state index contributed by atoms with van der Waals surface area (Å²) < 4.78 is 25.1. The van der Waals surface area contributed by atoms with Gasteiger partial charge < -0.3 is 14.8 Å². The van der Waals surface area contributed by atoms with Gasteiger partial charge in [0.1, 0.15) is 5.82 Å². The zero-order valence-corrected chi connectivity index (χ0v) is 20.2. The highest BCUT2D eigenvalue weighted by atomic mass is 79.9. The Hall–Kier alpha value is -4.05. The van der Waals surface area contributed by atoms with Gasteiger partial charge in [-0.1, -0.05) is 22.0 Å². The van der Waals surface area contributed by atoms with Gasteiger partial charge in [0.05, 0.1) is 24.9 Å². The Morgan fingerprint density at radius 2 is 1.77 bits per heavy atom.